The Bertz CT molecular complexity index is 2370. The lowest BCUT2D eigenvalue weighted by molar-refractivity contribution is -0.141. The number of benzene rings is 3. The highest BCUT2D eigenvalue weighted by molar-refractivity contribution is 5.84. The van der Waals surface area contributed by atoms with Gasteiger partial charge in [-0.1, -0.05) is 18.2 Å². The standard InChI is InChI=1S/C42H44N2O11/c1-49-32-16-24-12-14-43(38(28(24)20-33(32)50-2)26-17-34(51-3)41(54-6)35(18-26)52-4)22-27-19-31(45)39(47)40(55-27)29(21-36(46)53-5)30-15-25-10-7-9-23-11-8-13-44(37(23)25)42(30)48/h7,9-10,15-20,29,38,47H,8,11-14,21-22H2,1-6H3. The molecule has 0 radical (unpaired) electrons. The minimum Gasteiger partial charge on any atom is -0.502 e. The fraction of sp³-hybridized carbons (Fsp3) is 0.357. The maximum absolute atomic E-state index is 14.2. The molecule has 2 aliphatic rings. The van der Waals surface area contributed by atoms with Crippen LogP contribution in [0.1, 0.15) is 64.1 Å². The van der Waals surface area contributed by atoms with Crippen LogP contribution in [0.5, 0.6) is 34.5 Å². The van der Waals surface area contributed by atoms with Crippen LogP contribution in [-0.2, 0) is 35.5 Å². The largest absolute Gasteiger partial charge is 0.502 e. The van der Waals surface area contributed by atoms with E-state index < -0.39 is 29.1 Å². The summed E-state index contributed by atoms with van der Waals surface area (Å²) < 4.78 is 41.6. The summed E-state index contributed by atoms with van der Waals surface area (Å²) in [4.78, 5) is 42.9. The van der Waals surface area contributed by atoms with Crippen molar-refractivity contribution in [1.29, 1.82) is 0 Å². The Morgan fingerprint density at radius 1 is 0.836 bits per heavy atom. The third kappa shape index (κ3) is 6.73. The van der Waals surface area contributed by atoms with Crippen LogP contribution in [0.3, 0.4) is 0 Å². The summed E-state index contributed by atoms with van der Waals surface area (Å²) in [5.41, 5.74) is 3.85. The maximum atomic E-state index is 14.2. The number of carbonyl (C=O) groups is 1. The van der Waals surface area contributed by atoms with Crippen molar-refractivity contribution in [2.75, 3.05) is 49.2 Å². The summed E-state index contributed by atoms with van der Waals surface area (Å²) in [6, 6.07) is 16.0. The van der Waals surface area contributed by atoms with E-state index in [-0.39, 0.29) is 35.6 Å². The molecule has 7 rings (SSSR count). The van der Waals surface area contributed by atoms with Crippen molar-refractivity contribution in [3.05, 3.63) is 115 Å². The number of para-hydroxylation sites is 1. The number of nitrogens with zero attached hydrogens (tertiary/aromatic N) is 2. The normalized spacial score (nSPS) is 15.6. The van der Waals surface area contributed by atoms with Gasteiger partial charge in [-0.2, -0.15) is 0 Å². The average Bonchev–Trinajstić information content (AvgIpc) is 3.21. The Balaban J connectivity index is 1.37. The lowest BCUT2D eigenvalue weighted by Crippen LogP contribution is -2.36. The molecule has 55 heavy (non-hydrogen) atoms. The topological polar surface area (TPSA) is 148 Å². The van der Waals surface area contributed by atoms with E-state index in [0.29, 0.717) is 48.3 Å². The highest BCUT2D eigenvalue weighted by Crippen LogP contribution is 2.46. The zero-order valence-electron chi connectivity index (χ0n) is 31.7. The van der Waals surface area contributed by atoms with Crippen molar-refractivity contribution in [2.24, 2.45) is 0 Å². The number of methoxy groups -OCH3 is 6. The van der Waals surface area contributed by atoms with Crippen LogP contribution >= 0.6 is 0 Å². The number of aromatic nitrogens is 1. The molecule has 288 valence electrons. The van der Waals surface area contributed by atoms with Crippen molar-refractivity contribution in [3.8, 4) is 34.5 Å². The quantitative estimate of drug-likeness (QED) is 0.161. The van der Waals surface area contributed by atoms with E-state index in [1.807, 2.05) is 42.5 Å². The Kier molecular flexibility index (Phi) is 10.5. The number of hydrogen-bond donors (Lipinski definition) is 1. The number of aromatic hydroxyl groups is 1. The maximum Gasteiger partial charge on any atom is 0.306 e. The minimum absolute atomic E-state index is 0.105. The predicted octanol–water partition coefficient (Wildman–Crippen LogP) is 5.49. The van der Waals surface area contributed by atoms with E-state index in [9.17, 15) is 19.5 Å². The summed E-state index contributed by atoms with van der Waals surface area (Å²) in [6.45, 7) is 1.12. The SMILES string of the molecule is COC(=O)CC(c1oc(CN2CCc3cc(OC)c(OC)cc3C2c2cc(OC)c(OC)c(OC)c2)cc(=O)c1O)c1cc2cccc3c2n(c1=O)CCC3. The first-order chi connectivity index (χ1) is 26.6. The van der Waals surface area contributed by atoms with Gasteiger partial charge in [-0.25, -0.2) is 0 Å². The summed E-state index contributed by atoms with van der Waals surface area (Å²) >= 11 is 0. The fourth-order valence-electron chi connectivity index (χ4n) is 8.12. The first-order valence-corrected chi connectivity index (χ1v) is 18.0. The Hall–Kier alpha value is -5.95. The molecular formula is C42H44N2O11. The number of pyridine rings is 1. The van der Waals surface area contributed by atoms with Gasteiger partial charge >= 0.3 is 5.97 Å². The fourth-order valence-corrected chi connectivity index (χ4v) is 8.12. The third-order valence-corrected chi connectivity index (χ3v) is 10.7. The monoisotopic (exact) mass is 752 g/mol. The second-order valence-electron chi connectivity index (χ2n) is 13.6. The summed E-state index contributed by atoms with van der Waals surface area (Å²) in [5.74, 6) is 0.103. The molecule has 1 N–H and O–H groups in total. The molecule has 4 heterocycles. The molecule has 0 amide bonds. The lowest BCUT2D eigenvalue weighted by atomic mass is 9.87. The van der Waals surface area contributed by atoms with Crippen molar-refractivity contribution in [3.63, 3.8) is 0 Å². The van der Waals surface area contributed by atoms with Crippen LogP contribution in [0.25, 0.3) is 10.9 Å². The lowest BCUT2D eigenvalue weighted by Gasteiger charge is -2.38. The molecule has 2 aromatic heterocycles. The smallest absolute Gasteiger partial charge is 0.306 e. The van der Waals surface area contributed by atoms with Crippen LogP contribution in [0.15, 0.2) is 68.6 Å². The summed E-state index contributed by atoms with van der Waals surface area (Å²) in [5, 5.41) is 12.1. The van der Waals surface area contributed by atoms with Crippen LogP contribution in [0.4, 0.5) is 0 Å². The predicted molar refractivity (Wildman–Crippen MR) is 203 cm³/mol. The highest BCUT2D eigenvalue weighted by atomic mass is 16.5. The molecule has 0 aliphatic carbocycles. The van der Waals surface area contributed by atoms with Gasteiger partial charge in [-0.05, 0) is 77.2 Å². The number of ether oxygens (including phenoxy) is 6. The summed E-state index contributed by atoms with van der Waals surface area (Å²) in [6.07, 6.45) is 1.90. The molecule has 2 atom stereocenters. The van der Waals surface area contributed by atoms with E-state index in [1.54, 1.807) is 39.1 Å². The van der Waals surface area contributed by atoms with Crippen molar-refractivity contribution in [2.45, 2.75) is 50.7 Å². The van der Waals surface area contributed by atoms with E-state index in [4.69, 9.17) is 32.8 Å². The van der Waals surface area contributed by atoms with Crippen LogP contribution in [0.2, 0.25) is 0 Å². The Labute approximate surface area is 317 Å². The van der Waals surface area contributed by atoms with Crippen LogP contribution < -0.4 is 34.7 Å². The Morgan fingerprint density at radius 3 is 2.22 bits per heavy atom. The molecular weight excluding hydrogens is 708 g/mol. The number of aryl methyl sites for hydroxylation is 2. The molecule has 0 bridgehead atoms. The van der Waals surface area contributed by atoms with E-state index in [2.05, 4.69) is 4.90 Å². The molecule has 0 spiro atoms. The molecule has 0 saturated heterocycles. The van der Waals surface area contributed by atoms with E-state index in [0.717, 1.165) is 46.0 Å². The number of hydrogen-bond acceptors (Lipinski definition) is 12. The molecule has 0 saturated carbocycles. The summed E-state index contributed by atoms with van der Waals surface area (Å²) in [7, 11) is 9.05. The third-order valence-electron chi connectivity index (χ3n) is 10.7. The van der Waals surface area contributed by atoms with Crippen molar-refractivity contribution in [1.82, 2.24) is 9.47 Å². The first-order valence-electron chi connectivity index (χ1n) is 18.0. The molecule has 13 heteroatoms. The van der Waals surface area contributed by atoms with Gasteiger partial charge in [0, 0.05) is 24.7 Å². The Morgan fingerprint density at radius 2 is 1.55 bits per heavy atom. The second kappa shape index (κ2) is 15.4. The molecule has 0 fully saturated rings. The average molecular weight is 753 g/mol. The molecule has 5 aromatic rings. The van der Waals surface area contributed by atoms with Gasteiger partial charge in [0.2, 0.25) is 16.9 Å². The van der Waals surface area contributed by atoms with Crippen molar-refractivity contribution < 1.29 is 42.7 Å². The van der Waals surface area contributed by atoms with Gasteiger partial charge in [0.15, 0.2) is 28.8 Å². The van der Waals surface area contributed by atoms with Gasteiger partial charge in [0.1, 0.15) is 5.76 Å². The first kappa shape index (κ1) is 37.4. The van der Waals surface area contributed by atoms with Crippen molar-refractivity contribution >= 4 is 16.9 Å². The number of fused-ring (bicyclic) bond motifs is 1. The van der Waals surface area contributed by atoms with Gasteiger partial charge in [-0.3, -0.25) is 19.3 Å². The van der Waals surface area contributed by atoms with Gasteiger partial charge in [-0.15, -0.1) is 0 Å². The zero-order chi connectivity index (χ0) is 39.0. The molecule has 3 aromatic carbocycles. The molecule has 2 aliphatic heterocycles. The zero-order valence-corrected chi connectivity index (χ0v) is 31.7. The number of esters is 1. The molecule has 2 unspecified atom stereocenters. The van der Waals surface area contributed by atoms with E-state index in [1.165, 1.54) is 20.3 Å². The number of carbonyl (C=O) groups excluding carboxylic acids is 1. The minimum atomic E-state index is -1.11. The van der Waals surface area contributed by atoms with Crippen LogP contribution in [0, 0.1) is 0 Å². The van der Waals surface area contributed by atoms with Crippen LogP contribution in [-0.4, -0.2) is 69.7 Å². The number of rotatable bonds is 12. The molecule has 13 nitrogen and oxygen atoms in total. The van der Waals surface area contributed by atoms with Gasteiger partial charge in [0.25, 0.3) is 5.56 Å². The van der Waals surface area contributed by atoms with Gasteiger partial charge < -0.3 is 42.5 Å². The highest BCUT2D eigenvalue weighted by Gasteiger charge is 2.35. The van der Waals surface area contributed by atoms with Gasteiger partial charge in [0.05, 0.1) is 73.1 Å². The second-order valence-corrected chi connectivity index (χ2v) is 13.6. The van der Waals surface area contributed by atoms with E-state index >= 15 is 0 Å².